The first-order chi connectivity index (χ1) is 44.4. The number of amides is 1. The van der Waals surface area contributed by atoms with E-state index in [9.17, 15) is 19.0 Å². The Hall–Kier alpha value is -3.07. The maximum Gasteiger partial charge on any atom is 0.306 e. The second-order valence-electron chi connectivity index (χ2n) is 27.1. The third-order valence-corrected chi connectivity index (χ3v) is 18.0. The fourth-order valence-electron chi connectivity index (χ4n) is 11.1. The number of hydrogen-bond acceptors (Lipinski definition) is 7. The van der Waals surface area contributed by atoms with Crippen LogP contribution in [0.2, 0.25) is 0 Å². The van der Waals surface area contributed by atoms with Crippen LogP contribution in [0.25, 0.3) is 0 Å². The van der Waals surface area contributed by atoms with Crippen LogP contribution in [-0.4, -0.2) is 69.4 Å². The van der Waals surface area contributed by atoms with Gasteiger partial charge < -0.3 is 28.5 Å². The molecule has 0 aromatic rings. The number of quaternary nitrogens is 1. The minimum absolute atomic E-state index is 0.0273. The van der Waals surface area contributed by atoms with Crippen molar-refractivity contribution in [1.82, 2.24) is 5.32 Å². The number of carbonyl (C=O) groups excluding carboxylic acids is 2. The molecule has 0 rings (SSSR count). The molecule has 9 nitrogen and oxygen atoms in total. The summed E-state index contributed by atoms with van der Waals surface area (Å²) in [6.07, 6.45) is 95.4. The molecule has 0 saturated heterocycles. The number of esters is 1. The summed E-state index contributed by atoms with van der Waals surface area (Å²) < 4.78 is 30.5. The second-order valence-corrected chi connectivity index (χ2v) is 28.5. The topological polar surface area (TPSA) is 114 Å². The predicted octanol–water partition coefficient (Wildman–Crippen LogP) is 24.4. The number of carbonyl (C=O) groups is 2. The van der Waals surface area contributed by atoms with E-state index in [-0.39, 0.29) is 24.9 Å². The Labute approximate surface area is 564 Å². The first-order valence-corrected chi connectivity index (χ1v) is 40.0. The van der Waals surface area contributed by atoms with Crippen LogP contribution in [-0.2, 0) is 27.9 Å². The highest BCUT2D eigenvalue weighted by Gasteiger charge is 2.27. The largest absolute Gasteiger partial charge is 0.756 e. The number of likely N-dealkylation sites (N-methyl/N-ethyl adjacent to an activating group) is 1. The Balaban J connectivity index is 5.03. The molecule has 0 aliphatic rings. The molecule has 0 bridgehead atoms. The van der Waals surface area contributed by atoms with Gasteiger partial charge in [-0.2, -0.15) is 0 Å². The van der Waals surface area contributed by atoms with Crippen molar-refractivity contribution in [2.24, 2.45) is 0 Å². The Morgan fingerprint density at radius 1 is 0.396 bits per heavy atom. The van der Waals surface area contributed by atoms with Gasteiger partial charge in [0.15, 0.2) is 0 Å². The van der Waals surface area contributed by atoms with E-state index in [0.29, 0.717) is 23.9 Å². The van der Waals surface area contributed by atoms with E-state index in [1.54, 1.807) is 0 Å². The molecule has 3 unspecified atom stereocenters. The minimum Gasteiger partial charge on any atom is -0.756 e. The smallest absolute Gasteiger partial charge is 0.306 e. The van der Waals surface area contributed by atoms with Crippen LogP contribution >= 0.6 is 7.82 Å². The summed E-state index contributed by atoms with van der Waals surface area (Å²) in [5.74, 6) is -0.548. The standard InChI is InChI=1S/C81H147N2O7P/c1-7-10-13-16-19-22-25-28-30-32-34-36-38-40-41-43-44-46-48-50-52-55-58-61-64-67-70-73-80(84)82-78(77-89-91(86,87)88-76-75-83(4,5)6)79(72-69-66-63-60-57-54-27-24-21-18-15-12-9-3)90-81(85)74-71-68-65-62-59-56-53-51-49-47-45-42-39-37-35-33-31-29-26-23-20-17-14-11-8-2/h11,14,20,23,28-31,35,37,42,45,49,51,69,72,78-79H,7-10,12-13,15-19,21-22,24-27,32-34,36,38-41,43-44,46-48,50,52-68,70-71,73-77H2,1-6H3,(H-,82,84,86,87)/b14-11-,23-20-,30-28+,31-29-,37-35-,45-42-,51-49-,72-69+. The zero-order valence-electron chi connectivity index (χ0n) is 60.5. The minimum atomic E-state index is -4.72. The molecular weight excluding hydrogens is 1140 g/mol. The first kappa shape index (κ1) is 87.9. The van der Waals surface area contributed by atoms with Crippen LogP contribution in [0, 0.1) is 0 Å². The molecule has 0 aliphatic heterocycles. The molecule has 1 N–H and O–H groups in total. The maximum atomic E-state index is 13.7. The Bertz CT molecular complexity index is 1880. The lowest BCUT2D eigenvalue weighted by Crippen LogP contribution is -2.47. The average molecular weight is 1290 g/mol. The van der Waals surface area contributed by atoms with Gasteiger partial charge in [0.25, 0.3) is 7.82 Å². The first-order valence-electron chi connectivity index (χ1n) is 38.5. The van der Waals surface area contributed by atoms with Gasteiger partial charge in [-0.25, -0.2) is 0 Å². The number of ether oxygens (including phenoxy) is 1. The number of unbranched alkanes of at least 4 members (excludes halogenated alkanes) is 40. The summed E-state index contributed by atoms with van der Waals surface area (Å²) in [6.45, 7) is 6.76. The van der Waals surface area contributed by atoms with Gasteiger partial charge in [0.2, 0.25) is 5.91 Å². The van der Waals surface area contributed by atoms with E-state index in [0.717, 1.165) is 116 Å². The lowest BCUT2D eigenvalue weighted by Gasteiger charge is -2.30. The van der Waals surface area contributed by atoms with E-state index >= 15 is 0 Å². The summed E-state index contributed by atoms with van der Waals surface area (Å²) in [5, 5.41) is 3.05. The molecule has 0 saturated carbocycles. The van der Waals surface area contributed by atoms with Crippen molar-refractivity contribution in [3.63, 3.8) is 0 Å². The quantitative estimate of drug-likeness (QED) is 0.0212. The van der Waals surface area contributed by atoms with Crippen molar-refractivity contribution in [2.45, 2.75) is 367 Å². The van der Waals surface area contributed by atoms with Gasteiger partial charge in [-0.05, 0) is 109 Å². The highest BCUT2D eigenvalue weighted by molar-refractivity contribution is 7.45. The second kappa shape index (κ2) is 69.8. The number of allylic oxidation sites excluding steroid dienone is 15. The van der Waals surface area contributed by atoms with Crippen LogP contribution in [0.4, 0.5) is 0 Å². The molecule has 0 heterocycles. The van der Waals surface area contributed by atoms with Gasteiger partial charge in [0.1, 0.15) is 19.3 Å². The molecular formula is C81H147N2O7P. The monoisotopic (exact) mass is 1290 g/mol. The van der Waals surface area contributed by atoms with Gasteiger partial charge in [0, 0.05) is 12.8 Å². The van der Waals surface area contributed by atoms with E-state index in [2.05, 4.69) is 111 Å². The zero-order chi connectivity index (χ0) is 66.3. The number of phosphoric ester groups is 1. The van der Waals surface area contributed by atoms with Gasteiger partial charge in [-0.3, -0.25) is 14.2 Å². The Morgan fingerprint density at radius 3 is 1.07 bits per heavy atom. The highest BCUT2D eigenvalue weighted by Crippen LogP contribution is 2.38. The molecule has 10 heteroatoms. The summed E-state index contributed by atoms with van der Waals surface area (Å²) >= 11 is 0. The van der Waals surface area contributed by atoms with E-state index in [1.165, 1.54) is 199 Å². The molecule has 3 atom stereocenters. The molecule has 1 amide bonds. The Morgan fingerprint density at radius 2 is 0.703 bits per heavy atom. The molecule has 528 valence electrons. The average Bonchev–Trinajstić information content (AvgIpc) is 3.70. The normalized spacial score (nSPS) is 14.0. The summed E-state index contributed by atoms with van der Waals surface area (Å²) in [4.78, 5) is 40.3. The van der Waals surface area contributed by atoms with Gasteiger partial charge in [-0.1, -0.05) is 330 Å². The van der Waals surface area contributed by atoms with Crippen LogP contribution < -0.4 is 10.2 Å². The van der Waals surface area contributed by atoms with Crippen molar-refractivity contribution in [3.05, 3.63) is 97.2 Å². The van der Waals surface area contributed by atoms with Crippen molar-refractivity contribution < 1.29 is 37.3 Å². The van der Waals surface area contributed by atoms with Crippen molar-refractivity contribution in [2.75, 3.05) is 40.9 Å². The van der Waals surface area contributed by atoms with E-state index in [1.807, 2.05) is 33.3 Å². The van der Waals surface area contributed by atoms with Gasteiger partial charge >= 0.3 is 5.97 Å². The lowest BCUT2D eigenvalue weighted by atomic mass is 10.0. The number of nitrogens with one attached hydrogen (secondary N) is 1. The predicted molar refractivity (Wildman–Crippen MR) is 394 cm³/mol. The summed E-state index contributed by atoms with van der Waals surface area (Å²) in [7, 11) is 1.18. The molecule has 91 heavy (non-hydrogen) atoms. The third kappa shape index (κ3) is 71.1. The maximum absolute atomic E-state index is 13.7. The molecule has 0 aromatic heterocycles. The van der Waals surface area contributed by atoms with Crippen molar-refractivity contribution >= 4 is 19.7 Å². The van der Waals surface area contributed by atoms with Crippen LogP contribution in [0.1, 0.15) is 355 Å². The van der Waals surface area contributed by atoms with E-state index < -0.39 is 26.6 Å². The van der Waals surface area contributed by atoms with Crippen LogP contribution in [0.15, 0.2) is 97.2 Å². The highest BCUT2D eigenvalue weighted by atomic mass is 31.2. The summed E-state index contributed by atoms with van der Waals surface area (Å²) in [5.41, 5.74) is 0. The van der Waals surface area contributed by atoms with Crippen LogP contribution in [0.3, 0.4) is 0 Å². The fourth-order valence-corrected chi connectivity index (χ4v) is 11.8. The van der Waals surface area contributed by atoms with Gasteiger partial charge in [-0.15, -0.1) is 0 Å². The van der Waals surface area contributed by atoms with Crippen LogP contribution in [0.5, 0.6) is 0 Å². The molecule has 0 fully saturated rings. The number of nitrogens with zero attached hydrogens (tertiary/aromatic N) is 1. The molecule has 0 spiro atoms. The number of phosphoric acid groups is 1. The fraction of sp³-hybridized carbons (Fsp3) is 0.778. The van der Waals surface area contributed by atoms with Gasteiger partial charge in [0.05, 0.1) is 33.8 Å². The van der Waals surface area contributed by atoms with Crippen molar-refractivity contribution in [3.8, 4) is 0 Å². The molecule has 0 aromatic carbocycles. The summed E-state index contributed by atoms with van der Waals surface area (Å²) in [6, 6.07) is -0.901. The molecule has 0 aliphatic carbocycles. The van der Waals surface area contributed by atoms with Crippen molar-refractivity contribution in [1.29, 1.82) is 0 Å². The van der Waals surface area contributed by atoms with E-state index in [4.69, 9.17) is 13.8 Å². The lowest BCUT2D eigenvalue weighted by molar-refractivity contribution is -0.870. The molecule has 0 radical (unpaired) electrons. The zero-order valence-corrected chi connectivity index (χ0v) is 61.4. The number of hydrogen-bond donors (Lipinski definition) is 1. The number of rotatable bonds is 70. The third-order valence-electron chi connectivity index (χ3n) is 17.0. The Kier molecular flexibility index (Phi) is 67.4. The SMILES string of the molecule is CC/C=C\C/C=C\C/C=C\C/C=C\C/C=C\C/C=C\CCCCCCCCC(=O)OC(/C=C/CCCCCCCCCCCCC)C(COP(=O)([O-])OCC[N+](C)(C)C)NC(=O)CCCCCCCCCCCCCCCCCCC/C=C/CCCCCCCC.